The summed E-state index contributed by atoms with van der Waals surface area (Å²) in [5.74, 6) is -2.61. The zero-order valence-electron chi connectivity index (χ0n) is 19.3. The number of carbonyl (C=O) groups excluding carboxylic acids is 2. The van der Waals surface area contributed by atoms with E-state index in [9.17, 15) is 32.7 Å². The number of aromatic hydroxyl groups is 1. The van der Waals surface area contributed by atoms with Crippen molar-refractivity contribution >= 4 is 28.5 Å². The van der Waals surface area contributed by atoms with Crippen LogP contribution >= 0.6 is 0 Å². The van der Waals surface area contributed by atoms with Crippen molar-refractivity contribution in [3.05, 3.63) is 39.3 Å². The molecule has 0 bridgehead atoms. The Bertz CT molecular complexity index is 1240. The number of hydrogen-bond acceptors (Lipinski definition) is 6. The third-order valence-electron chi connectivity index (χ3n) is 5.28. The number of halogens is 3. The van der Waals surface area contributed by atoms with Gasteiger partial charge in [0.2, 0.25) is 0 Å². The molecule has 0 aliphatic heterocycles. The van der Waals surface area contributed by atoms with E-state index in [0.29, 0.717) is 18.4 Å². The Morgan fingerprint density at radius 2 is 1.91 bits per heavy atom. The van der Waals surface area contributed by atoms with Gasteiger partial charge in [-0.3, -0.25) is 19.0 Å². The highest BCUT2D eigenvalue weighted by atomic mass is 19.4. The van der Waals surface area contributed by atoms with Gasteiger partial charge in [-0.1, -0.05) is 6.08 Å². The third kappa shape index (κ3) is 5.23. The molecule has 0 radical (unpaired) electrons. The summed E-state index contributed by atoms with van der Waals surface area (Å²) in [6.45, 7) is 4.35. The molecule has 1 aliphatic rings. The number of pyridine rings is 2. The smallest absolute Gasteiger partial charge is 0.433 e. The SMILES string of the molecule is Cn1c(=O)c(C(=O)NCC(=O)OC(C)(C)C)c(O)c2c(C3=CCCCC3)cc(C(F)(F)F)nc21. The minimum atomic E-state index is -4.78. The summed E-state index contributed by atoms with van der Waals surface area (Å²) in [4.78, 5) is 41.1. The predicted octanol–water partition coefficient (Wildman–Crippen LogP) is 3.69. The van der Waals surface area contributed by atoms with Gasteiger partial charge < -0.3 is 15.2 Å². The van der Waals surface area contributed by atoms with Crippen molar-refractivity contribution in [2.24, 2.45) is 7.05 Å². The molecule has 2 aromatic heterocycles. The third-order valence-corrected chi connectivity index (χ3v) is 5.28. The first kappa shape index (κ1) is 25.3. The number of aryl methyl sites for hydroxylation is 1. The summed E-state index contributed by atoms with van der Waals surface area (Å²) in [5, 5.41) is 13.0. The molecule has 0 fully saturated rings. The average molecular weight is 481 g/mol. The van der Waals surface area contributed by atoms with Crippen LogP contribution in [0.15, 0.2) is 16.9 Å². The number of allylic oxidation sites excluding steroid dienone is 2. The van der Waals surface area contributed by atoms with E-state index in [4.69, 9.17) is 4.74 Å². The molecular weight excluding hydrogens is 455 g/mol. The Hall–Kier alpha value is -3.37. The molecule has 2 N–H and O–H groups in total. The summed E-state index contributed by atoms with van der Waals surface area (Å²) < 4.78 is 46.6. The number of amides is 1. The topological polar surface area (TPSA) is 111 Å². The molecule has 1 amide bonds. The van der Waals surface area contributed by atoms with Gasteiger partial charge in [0, 0.05) is 7.05 Å². The van der Waals surface area contributed by atoms with E-state index in [1.807, 2.05) is 0 Å². The zero-order chi connectivity index (χ0) is 25.4. The number of alkyl halides is 3. The first-order chi connectivity index (χ1) is 15.7. The Labute approximate surface area is 193 Å². The number of nitrogens with zero attached hydrogens (tertiary/aromatic N) is 2. The van der Waals surface area contributed by atoms with E-state index in [0.717, 1.165) is 23.5 Å². The van der Waals surface area contributed by atoms with Gasteiger partial charge in [-0.15, -0.1) is 0 Å². The van der Waals surface area contributed by atoms with Gasteiger partial charge in [0.05, 0.1) is 5.39 Å². The van der Waals surface area contributed by atoms with Gasteiger partial charge in [0.15, 0.2) is 0 Å². The van der Waals surface area contributed by atoms with Gasteiger partial charge >= 0.3 is 12.1 Å². The van der Waals surface area contributed by atoms with Crippen LogP contribution in [0.5, 0.6) is 5.75 Å². The molecular formula is C23H26F3N3O5. The van der Waals surface area contributed by atoms with Gasteiger partial charge in [0.25, 0.3) is 11.5 Å². The standard InChI is InChI=1S/C23H26F3N3O5/c1-22(2,3)34-15(30)11-27-20(32)17-18(31)16-13(12-8-6-5-7-9-12)10-14(23(24,25)26)28-19(16)29(4)21(17)33/h8,10,31H,5-7,9,11H2,1-4H3,(H,27,32). The molecule has 2 aromatic rings. The molecule has 8 nitrogen and oxygen atoms in total. The number of esters is 1. The molecule has 0 saturated heterocycles. The summed E-state index contributed by atoms with van der Waals surface area (Å²) in [7, 11) is 1.17. The Morgan fingerprint density at radius 3 is 2.47 bits per heavy atom. The molecule has 2 heterocycles. The summed E-state index contributed by atoms with van der Waals surface area (Å²) in [6.07, 6.45) is -0.262. The van der Waals surface area contributed by atoms with Crippen LogP contribution < -0.4 is 10.9 Å². The fourth-order valence-electron chi connectivity index (χ4n) is 3.80. The maximum absolute atomic E-state index is 13.6. The lowest BCUT2D eigenvalue weighted by atomic mass is 9.91. The molecule has 0 unspecified atom stereocenters. The van der Waals surface area contributed by atoms with Crippen molar-refractivity contribution in [2.45, 2.75) is 58.2 Å². The lowest BCUT2D eigenvalue weighted by Crippen LogP contribution is -2.38. The van der Waals surface area contributed by atoms with E-state index in [1.165, 1.54) is 7.05 Å². The average Bonchev–Trinajstić information content (AvgIpc) is 2.74. The van der Waals surface area contributed by atoms with E-state index in [-0.39, 0.29) is 10.9 Å². The second-order valence-electron chi connectivity index (χ2n) is 9.08. The van der Waals surface area contributed by atoms with Crippen molar-refractivity contribution in [3.8, 4) is 5.75 Å². The highest BCUT2D eigenvalue weighted by Gasteiger charge is 2.35. The fraction of sp³-hybridized carbons (Fsp3) is 0.478. The van der Waals surface area contributed by atoms with Gasteiger partial charge in [-0.25, -0.2) is 4.98 Å². The van der Waals surface area contributed by atoms with E-state index in [1.54, 1.807) is 26.8 Å². The Morgan fingerprint density at radius 1 is 1.24 bits per heavy atom. The highest BCUT2D eigenvalue weighted by molar-refractivity contribution is 6.05. The van der Waals surface area contributed by atoms with Crippen LogP contribution in [0.25, 0.3) is 16.6 Å². The monoisotopic (exact) mass is 481 g/mol. The molecule has 184 valence electrons. The minimum Gasteiger partial charge on any atom is -0.506 e. The molecule has 0 spiro atoms. The van der Waals surface area contributed by atoms with Crippen molar-refractivity contribution in [1.29, 1.82) is 0 Å². The van der Waals surface area contributed by atoms with Crippen LogP contribution in [-0.2, 0) is 22.8 Å². The van der Waals surface area contributed by atoms with Gasteiger partial charge in [0.1, 0.15) is 34.8 Å². The lowest BCUT2D eigenvalue weighted by Gasteiger charge is -2.20. The van der Waals surface area contributed by atoms with Crippen molar-refractivity contribution in [1.82, 2.24) is 14.9 Å². The lowest BCUT2D eigenvalue weighted by molar-refractivity contribution is -0.153. The van der Waals surface area contributed by atoms with E-state index >= 15 is 0 Å². The largest absolute Gasteiger partial charge is 0.506 e. The number of ether oxygens (including phenoxy) is 1. The van der Waals surface area contributed by atoms with E-state index in [2.05, 4.69) is 10.3 Å². The Kier molecular flexibility index (Phi) is 6.77. The van der Waals surface area contributed by atoms with Gasteiger partial charge in [-0.2, -0.15) is 13.2 Å². The highest BCUT2D eigenvalue weighted by Crippen LogP contribution is 2.39. The first-order valence-electron chi connectivity index (χ1n) is 10.7. The second kappa shape index (κ2) is 9.11. The van der Waals surface area contributed by atoms with Crippen LogP contribution in [0.2, 0.25) is 0 Å². The molecule has 1 aliphatic carbocycles. The Balaban J connectivity index is 2.17. The fourth-order valence-corrected chi connectivity index (χ4v) is 3.80. The number of fused-ring (bicyclic) bond motifs is 1. The van der Waals surface area contributed by atoms with Crippen LogP contribution in [0.4, 0.5) is 13.2 Å². The maximum atomic E-state index is 13.6. The predicted molar refractivity (Wildman–Crippen MR) is 118 cm³/mol. The molecule has 0 saturated carbocycles. The number of rotatable bonds is 4. The van der Waals surface area contributed by atoms with Crippen molar-refractivity contribution < 1.29 is 32.6 Å². The molecule has 0 atom stereocenters. The van der Waals surface area contributed by atoms with Crippen LogP contribution in [0, 0.1) is 0 Å². The first-order valence-corrected chi connectivity index (χ1v) is 10.7. The normalized spacial score (nSPS) is 14.6. The maximum Gasteiger partial charge on any atom is 0.433 e. The van der Waals surface area contributed by atoms with Crippen LogP contribution in [-0.4, -0.2) is 38.7 Å². The number of nitrogens with one attached hydrogen (secondary N) is 1. The summed E-state index contributed by atoms with van der Waals surface area (Å²) in [6, 6.07) is 0.825. The van der Waals surface area contributed by atoms with Gasteiger partial charge in [-0.05, 0) is 63.7 Å². The molecule has 3 rings (SSSR count). The zero-order valence-corrected chi connectivity index (χ0v) is 19.3. The molecule has 11 heteroatoms. The van der Waals surface area contributed by atoms with Crippen molar-refractivity contribution in [2.75, 3.05) is 6.54 Å². The second-order valence-corrected chi connectivity index (χ2v) is 9.08. The number of hydrogen-bond donors (Lipinski definition) is 2. The van der Waals surface area contributed by atoms with Crippen LogP contribution in [0.1, 0.15) is 68.1 Å². The number of aromatic nitrogens is 2. The molecule has 0 aromatic carbocycles. The quantitative estimate of drug-likeness (QED) is 0.645. The van der Waals surface area contributed by atoms with Crippen molar-refractivity contribution in [3.63, 3.8) is 0 Å². The summed E-state index contributed by atoms with van der Waals surface area (Å²) in [5.41, 5.74) is -3.53. The van der Waals surface area contributed by atoms with Crippen LogP contribution in [0.3, 0.4) is 0 Å². The summed E-state index contributed by atoms with van der Waals surface area (Å²) >= 11 is 0. The number of carbonyl (C=O) groups is 2. The molecule has 34 heavy (non-hydrogen) atoms. The minimum absolute atomic E-state index is 0.0614. The van der Waals surface area contributed by atoms with E-state index < -0.39 is 58.4 Å².